The van der Waals surface area contributed by atoms with Crippen molar-refractivity contribution in [3.63, 3.8) is 0 Å². The van der Waals surface area contributed by atoms with Gasteiger partial charge in [-0.3, -0.25) is 0 Å². The van der Waals surface area contributed by atoms with E-state index in [0.29, 0.717) is 28.7 Å². The van der Waals surface area contributed by atoms with Gasteiger partial charge in [-0.15, -0.1) is 11.3 Å². The lowest BCUT2D eigenvalue weighted by Gasteiger charge is -1.88. The van der Waals surface area contributed by atoms with E-state index in [1.165, 1.54) is 11.3 Å². The van der Waals surface area contributed by atoms with E-state index in [1.54, 1.807) is 0 Å². The lowest BCUT2D eigenvalue weighted by Crippen LogP contribution is -1.90. The molecule has 0 atom stereocenters. The van der Waals surface area contributed by atoms with E-state index in [9.17, 15) is 0 Å². The van der Waals surface area contributed by atoms with Crippen LogP contribution in [-0.4, -0.2) is 15.0 Å². The Bertz CT molecular complexity index is 673. The van der Waals surface area contributed by atoms with E-state index >= 15 is 0 Å². The zero-order valence-corrected chi connectivity index (χ0v) is 9.99. The summed E-state index contributed by atoms with van der Waals surface area (Å²) in [5.41, 5.74) is 8.71. The van der Waals surface area contributed by atoms with Crippen molar-refractivity contribution in [1.29, 1.82) is 0 Å². The van der Waals surface area contributed by atoms with Crippen LogP contribution in [0.4, 0.5) is 5.13 Å². The number of aryl methyl sites for hydroxylation is 1. The second kappa shape index (κ2) is 3.81. The second-order valence-electron chi connectivity index (χ2n) is 3.74. The minimum atomic E-state index is 0.545. The molecule has 3 heterocycles. The van der Waals surface area contributed by atoms with Crippen LogP contribution >= 0.6 is 11.3 Å². The minimum Gasteiger partial charge on any atom is -0.439 e. The van der Waals surface area contributed by atoms with Crippen LogP contribution in [0.25, 0.3) is 11.2 Å². The maximum Gasteiger partial charge on any atom is 0.203 e. The number of fused-ring (bicyclic) bond motifs is 1. The zero-order valence-electron chi connectivity index (χ0n) is 9.17. The first-order valence-electron chi connectivity index (χ1n) is 5.13. The molecule has 0 bridgehead atoms. The molecule has 2 N–H and O–H groups in total. The van der Waals surface area contributed by atoms with Crippen molar-refractivity contribution in [3.8, 4) is 0 Å². The molecule has 5 nitrogen and oxygen atoms in total. The second-order valence-corrected chi connectivity index (χ2v) is 4.63. The number of nitrogen functional groups attached to an aromatic ring is 1. The molecular formula is C11H10N4OS. The Morgan fingerprint density at radius 3 is 2.94 bits per heavy atom. The highest BCUT2D eigenvalue weighted by Gasteiger charge is 2.09. The fourth-order valence-electron chi connectivity index (χ4n) is 1.59. The van der Waals surface area contributed by atoms with Gasteiger partial charge in [-0.25, -0.2) is 9.97 Å². The fraction of sp³-hybridized carbons (Fsp3) is 0.182. The summed E-state index contributed by atoms with van der Waals surface area (Å²) in [6.07, 6.45) is 0.545. The summed E-state index contributed by atoms with van der Waals surface area (Å²) < 4.78 is 5.59. The van der Waals surface area contributed by atoms with E-state index < -0.39 is 0 Å². The number of hydrogen-bond acceptors (Lipinski definition) is 6. The Morgan fingerprint density at radius 1 is 1.29 bits per heavy atom. The Kier molecular flexibility index (Phi) is 2.29. The molecule has 0 radical (unpaired) electrons. The van der Waals surface area contributed by atoms with Crippen LogP contribution in [0.5, 0.6) is 0 Å². The Labute approximate surface area is 101 Å². The summed E-state index contributed by atoms with van der Waals surface area (Å²) in [6, 6.07) is 3.78. The van der Waals surface area contributed by atoms with E-state index in [-0.39, 0.29) is 0 Å². The third-order valence-corrected chi connectivity index (χ3v) is 3.06. The van der Waals surface area contributed by atoms with Crippen molar-refractivity contribution in [1.82, 2.24) is 15.0 Å². The molecule has 0 saturated heterocycles. The van der Waals surface area contributed by atoms with Gasteiger partial charge in [0.2, 0.25) is 5.89 Å². The lowest BCUT2D eigenvalue weighted by molar-refractivity contribution is 0.542. The highest BCUT2D eigenvalue weighted by molar-refractivity contribution is 7.13. The summed E-state index contributed by atoms with van der Waals surface area (Å²) >= 11 is 1.41. The highest BCUT2D eigenvalue weighted by Crippen LogP contribution is 2.18. The molecule has 0 aliphatic rings. The highest BCUT2D eigenvalue weighted by atomic mass is 32.1. The molecule has 86 valence electrons. The molecule has 0 spiro atoms. The molecule has 0 aliphatic carbocycles. The van der Waals surface area contributed by atoms with Crippen LogP contribution in [0.2, 0.25) is 0 Å². The number of hydrogen-bond donors (Lipinski definition) is 1. The van der Waals surface area contributed by atoms with Crippen molar-refractivity contribution < 1.29 is 4.42 Å². The molecule has 3 aromatic rings. The van der Waals surface area contributed by atoms with E-state index in [4.69, 9.17) is 10.2 Å². The number of nitrogens with zero attached hydrogens (tertiary/aromatic N) is 3. The van der Waals surface area contributed by atoms with Crippen molar-refractivity contribution in [2.45, 2.75) is 13.3 Å². The van der Waals surface area contributed by atoms with Crippen LogP contribution in [0, 0.1) is 6.92 Å². The molecular weight excluding hydrogens is 236 g/mol. The van der Waals surface area contributed by atoms with Gasteiger partial charge in [-0.1, -0.05) is 0 Å². The molecule has 0 fully saturated rings. The quantitative estimate of drug-likeness (QED) is 0.749. The summed E-state index contributed by atoms with van der Waals surface area (Å²) in [7, 11) is 0. The smallest absolute Gasteiger partial charge is 0.203 e. The standard InChI is InChI=1S/C11H10N4OS/c1-6-2-3-8-10(13-6)15-9(16-8)4-7-5-17-11(12)14-7/h2-3,5H,4H2,1H3,(H2,12,14). The number of nitrogens with two attached hydrogens (primary N) is 1. The third-order valence-electron chi connectivity index (χ3n) is 2.34. The van der Waals surface area contributed by atoms with Gasteiger partial charge < -0.3 is 10.2 Å². The van der Waals surface area contributed by atoms with Crippen molar-refractivity contribution >= 4 is 27.7 Å². The van der Waals surface area contributed by atoms with Crippen LogP contribution in [0.3, 0.4) is 0 Å². The zero-order chi connectivity index (χ0) is 11.8. The van der Waals surface area contributed by atoms with Crippen LogP contribution in [0.1, 0.15) is 17.3 Å². The van der Waals surface area contributed by atoms with Gasteiger partial charge in [0.15, 0.2) is 16.4 Å². The number of thiazole rings is 1. The van der Waals surface area contributed by atoms with Gasteiger partial charge in [0.05, 0.1) is 12.1 Å². The Morgan fingerprint density at radius 2 is 2.18 bits per heavy atom. The molecule has 0 aromatic carbocycles. The van der Waals surface area contributed by atoms with Crippen molar-refractivity contribution in [3.05, 3.63) is 34.8 Å². The van der Waals surface area contributed by atoms with E-state index in [2.05, 4.69) is 15.0 Å². The van der Waals surface area contributed by atoms with Gasteiger partial charge in [0, 0.05) is 11.1 Å². The summed E-state index contributed by atoms with van der Waals surface area (Å²) in [4.78, 5) is 12.8. The summed E-state index contributed by atoms with van der Waals surface area (Å²) in [6.45, 7) is 1.93. The van der Waals surface area contributed by atoms with Crippen LogP contribution in [0.15, 0.2) is 21.9 Å². The summed E-state index contributed by atoms with van der Waals surface area (Å²) in [5.74, 6) is 0.614. The first kappa shape index (κ1) is 10.2. The first-order valence-corrected chi connectivity index (χ1v) is 6.01. The largest absolute Gasteiger partial charge is 0.439 e. The lowest BCUT2D eigenvalue weighted by atomic mass is 10.3. The van der Waals surface area contributed by atoms with Gasteiger partial charge in [-0.05, 0) is 19.1 Å². The molecule has 0 aliphatic heterocycles. The monoisotopic (exact) mass is 246 g/mol. The van der Waals surface area contributed by atoms with E-state index in [0.717, 1.165) is 11.4 Å². The molecule has 17 heavy (non-hydrogen) atoms. The molecule has 0 unspecified atom stereocenters. The maximum absolute atomic E-state index is 5.59. The van der Waals surface area contributed by atoms with Crippen LogP contribution < -0.4 is 5.73 Å². The van der Waals surface area contributed by atoms with Gasteiger partial charge in [-0.2, -0.15) is 4.98 Å². The minimum absolute atomic E-state index is 0.545. The van der Waals surface area contributed by atoms with Crippen LogP contribution in [-0.2, 0) is 6.42 Å². The predicted octanol–water partition coefficient (Wildman–Crippen LogP) is 2.16. The predicted molar refractivity (Wildman–Crippen MR) is 65.9 cm³/mol. The normalized spacial score (nSPS) is 11.1. The molecule has 0 saturated carbocycles. The molecule has 0 amide bonds. The number of oxazole rings is 1. The Hall–Kier alpha value is -1.95. The Balaban J connectivity index is 1.95. The topological polar surface area (TPSA) is 77.8 Å². The number of pyridine rings is 1. The van der Waals surface area contributed by atoms with Crippen molar-refractivity contribution in [2.75, 3.05) is 5.73 Å². The average molecular weight is 246 g/mol. The SMILES string of the molecule is Cc1ccc2oc(Cc3csc(N)n3)nc2n1. The molecule has 6 heteroatoms. The number of anilines is 1. The van der Waals surface area contributed by atoms with Gasteiger partial charge in [0.1, 0.15) is 0 Å². The fourth-order valence-corrected chi connectivity index (χ4v) is 2.16. The van der Waals surface area contributed by atoms with Crippen molar-refractivity contribution in [2.24, 2.45) is 0 Å². The van der Waals surface area contributed by atoms with Gasteiger partial charge >= 0.3 is 0 Å². The van der Waals surface area contributed by atoms with Gasteiger partial charge in [0.25, 0.3) is 0 Å². The number of aromatic nitrogens is 3. The number of rotatable bonds is 2. The molecule has 3 rings (SSSR count). The summed E-state index contributed by atoms with van der Waals surface area (Å²) in [5, 5.41) is 2.47. The van der Waals surface area contributed by atoms with E-state index in [1.807, 2.05) is 24.4 Å². The maximum atomic E-state index is 5.59. The molecule has 3 aromatic heterocycles. The average Bonchev–Trinajstić information content (AvgIpc) is 2.84. The first-order chi connectivity index (χ1) is 8.20. The third kappa shape index (κ3) is 1.99.